The Morgan fingerprint density at radius 3 is 2.50 bits per heavy atom. The van der Waals surface area contributed by atoms with Crippen LogP contribution in [0.2, 0.25) is 0 Å². The summed E-state index contributed by atoms with van der Waals surface area (Å²) < 4.78 is 2.27. The molecule has 1 aliphatic rings. The molecule has 0 saturated carbocycles. The zero-order valence-corrected chi connectivity index (χ0v) is 18.1. The Balaban J connectivity index is 1.51. The number of amides is 2. The minimum atomic E-state index is -0.880. The standard InChI is InChI=1S/C23H18N4O4S/c1-12-20(22(31)27(25-12)23-24-17-5-3-4-6-18(17)32-23)16-11-19(29)26(21(16)30)15-9-7-14(8-10-15)13(2)28/h3-10,16,25H,11H2,1-2H3/t16-/m0/s1. The Kier molecular flexibility index (Phi) is 4.63. The van der Waals surface area contributed by atoms with Gasteiger partial charge in [0.25, 0.3) is 5.56 Å². The summed E-state index contributed by atoms with van der Waals surface area (Å²) in [4.78, 5) is 56.2. The second-order valence-electron chi connectivity index (χ2n) is 7.68. The molecule has 1 saturated heterocycles. The van der Waals surface area contributed by atoms with Crippen molar-refractivity contribution in [3.63, 3.8) is 0 Å². The summed E-state index contributed by atoms with van der Waals surface area (Å²) in [5.41, 5.74) is 2.05. The van der Waals surface area contributed by atoms with E-state index in [2.05, 4.69) is 10.1 Å². The molecule has 0 unspecified atom stereocenters. The molecule has 0 aliphatic carbocycles. The Bertz CT molecular complexity index is 1430. The number of aryl methyl sites for hydroxylation is 1. The van der Waals surface area contributed by atoms with Crippen LogP contribution in [-0.2, 0) is 9.59 Å². The van der Waals surface area contributed by atoms with Crippen molar-refractivity contribution < 1.29 is 14.4 Å². The van der Waals surface area contributed by atoms with E-state index in [0.29, 0.717) is 22.1 Å². The summed E-state index contributed by atoms with van der Waals surface area (Å²) in [6, 6.07) is 13.9. The third kappa shape index (κ3) is 3.09. The second-order valence-corrected chi connectivity index (χ2v) is 8.69. The van der Waals surface area contributed by atoms with E-state index >= 15 is 0 Å². The summed E-state index contributed by atoms with van der Waals surface area (Å²) >= 11 is 1.36. The number of H-pyrrole nitrogens is 1. The van der Waals surface area contributed by atoms with Crippen LogP contribution >= 0.6 is 11.3 Å². The predicted molar refractivity (Wildman–Crippen MR) is 121 cm³/mol. The van der Waals surface area contributed by atoms with Gasteiger partial charge in [-0.2, -0.15) is 4.68 Å². The number of thiazole rings is 1. The van der Waals surface area contributed by atoms with Gasteiger partial charge in [-0.15, -0.1) is 0 Å². The van der Waals surface area contributed by atoms with E-state index in [-0.39, 0.29) is 29.2 Å². The zero-order valence-electron chi connectivity index (χ0n) is 17.3. The predicted octanol–water partition coefficient (Wildman–Crippen LogP) is 3.33. The summed E-state index contributed by atoms with van der Waals surface area (Å²) in [7, 11) is 0. The molecule has 0 bridgehead atoms. The maximum atomic E-state index is 13.2. The Hall–Kier alpha value is -3.85. The number of imide groups is 1. The molecular formula is C23H18N4O4S. The highest BCUT2D eigenvalue weighted by atomic mass is 32.1. The van der Waals surface area contributed by atoms with Crippen molar-refractivity contribution in [3.05, 3.63) is 75.7 Å². The Labute approximate surface area is 186 Å². The van der Waals surface area contributed by atoms with Gasteiger partial charge in [-0.1, -0.05) is 23.5 Å². The molecule has 0 spiro atoms. The lowest BCUT2D eigenvalue weighted by Gasteiger charge is -2.15. The number of hydrogen-bond acceptors (Lipinski definition) is 6. The molecule has 0 radical (unpaired) electrons. The van der Waals surface area contributed by atoms with Gasteiger partial charge in [0.1, 0.15) is 0 Å². The lowest BCUT2D eigenvalue weighted by Crippen LogP contribution is -2.31. The van der Waals surface area contributed by atoms with Crippen LogP contribution in [0.25, 0.3) is 15.3 Å². The monoisotopic (exact) mass is 446 g/mol. The van der Waals surface area contributed by atoms with Crippen molar-refractivity contribution in [1.29, 1.82) is 0 Å². The molecule has 1 fully saturated rings. The number of para-hydroxylation sites is 1. The number of nitrogens with one attached hydrogen (secondary N) is 1. The number of nitrogens with zero attached hydrogens (tertiary/aromatic N) is 3. The lowest BCUT2D eigenvalue weighted by molar-refractivity contribution is -0.121. The fraction of sp³-hybridized carbons (Fsp3) is 0.174. The number of ketones is 1. The average molecular weight is 446 g/mol. The molecule has 1 N–H and O–H groups in total. The van der Waals surface area contributed by atoms with E-state index < -0.39 is 11.8 Å². The summed E-state index contributed by atoms with van der Waals surface area (Å²) in [5, 5.41) is 3.48. The van der Waals surface area contributed by atoms with Crippen molar-refractivity contribution in [2.75, 3.05) is 4.90 Å². The van der Waals surface area contributed by atoms with Crippen molar-refractivity contribution in [3.8, 4) is 5.13 Å². The van der Waals surface area contributed by atoms with Crippen LogP contribution in [0.15, 0.2) is 53.3 Å². The van der Waals surface area contributed by atoms with Gasteiger partial charge in [0, 0.05) is 17.7 Å². The first-order valence-electron chi connectivity index (χ1n) is 10.0. The molecule has 5 rings (SSSR count). The van der Waals surface area contributed by atoms with E-state index in [1.54, 1.807) is 31.2 Å². The number of carbonyl (C=O) groups is 3. The van der Waals surface area contributed by atoms with Crippen LogP contribution in [0.1, 0.15) is 40.9 Å². The topological polar surface area (TPSA) is 105 Å². The fourth-order valence-corrected chi connectivity index (χ4v) is 4.96. The molecule has 8 nitrogen and oxygen atoms in total. The van der Waals surface area contributed by atoms with Gasteiger partial charge in [-0.05, 0) is 50.2 Å². The van der Waals surface area contributed by atoms with Crippen LogP contribution in [-0.4, -0.2) is 32.4 Å². The lowest BCUT2D eigenvalue weighted by atomic mass is 9.98. The maximum absolute atomic E-state index is 13.2. The normalized spacial score (nSPS) is 16.3. The van der Waals surface area contributed by atoms with Crippen molar-refractivity contribution in [1.82, 2.24) is 14.8 Å². The molecule has 1 atom stereocenters. The second kappa shape index (κ2) is 7.38. The Morgan fingerprint density at radius 1 is 1.09 bits per heavy atom. The number of benzene rings is 2. The highest BCUT2D eigenvalue weighted by Gasteiger charge is 2.43. The number of carbonyl (C=O) groups excluding carboxylic acids is 3. The molecule has 2 amide bonds. The van der Waals surface area contributed by atoms with E-state index in [0.717, 1.165) is 15.1 Å². The summed E-state index contributed by atoms with van der Waals surface area (Å²) in [6.45, 7) is 3.16. The largest absolute Gasteiger partial charge is 0.295 e. The highest BCUT2D eigenvalue weighted by molar-refractivity contribution is 7.20. The number of hydrogen-bond donors (Lipinski definition) is 1. The van der Waals surface area contributed by atoms with Crippen LogP contribution in [0.4, 0.5) is 5.69 Å². The van der Waals surface area contributed by atoms with Gasteiger partial charge in [0.05, 0.1) is 27.4 Å². The summed E-state index contributed by atoms with van der Waals surface area (Å²) in [6.07, 6.45) is -0.0962. The number of aromatic amines is 1. The van der Waals surface area contributed by atoms with Crippen LogP contribution in [0.3, 0.4) is 0 Å². The van der Waals surface area contributed by atoms with Gasteiger partial charge in [0.15, 0.2) is 5.78 Å². The molecule has 2 aromatic heterocycles. The molecule has 32 heavy (non-hydrogen) atoms. The first-order valence-corrected chi connectivity index (χ1v) is 10.8. The average Bonchev–Trinajstić information content (AvgIpc) is 3.41. The van der Waals surface area contributed by atoms with Gasteiger partial charge in [0.2, 0.25) is 16.9 Å². The quantitative estimate of drug-likeness (QED) is 0.382. The highest BCUT2D eigenvalue weighted by Crippen LogP contribution is 2.33. The minimum Gasteiger partial charge on any atom is -0.295 e. The molecule has 3 heterocycles. The number of fused-ring (bicyclic) bond motifs is 1. The van der Waals surface area contributed by atoms with Gasteiger partial charge < -0.3 is 0 Å². The van der Waals surface area contributed by atoms with Gasteiger partial charge >= 0.3 is 0 Å². The van der Waals surface area contributed by atoms with Gasteiger partial charge in [-0.3, -0.25) is 29.2 Å². The van der Waals surface area contributed by atoms with E-state index in [1.807, 2.05) is 24.3 Å². The van der Waals surface area contributed by atoms with Crippen LogP contribution in [0.5, 0.6) is 0 Å². The summed E-state index contributed by atoms with van der Waals surface area (Å²) in [5.74, 6) is -1.83. The molecule has 160 valence electrons. The molecule has 2 aromatic carbocycles. The van der Waals surface area contributed by atoms with E-state index in [1.165, 1.54) is 22.9 Å². The van der Waals surface area contributed by atoms with Gasteiger partial charge in [-0.25, -0.2) is 4.98 Å². The fourth-order valence-electron chi connectivity index (χ4n) is 4.03. The van der Waals surface area contributed by atoms with Crippen molar-refractivity contribution in [2.24, 2.45) is 0 Å². The third-order valence-corrected chi connectivity index (χ3v) is 6.64. The van der Waals surface area contributed by atoms with E-state index in [9.17, 15) is 19.2 Å². The maximum Gasteiger partial charge on any atom is 0.277 e. The van der Waals surface area contributed by atoms with Crippen molar-refractivity contribution in [2.45, 2.75) is 26.2 Å². The smallest absolute Gasteiger partial charge is 0.277 e. The number of anilines is 1. The first kappa shape index (κ1) is 20.1. The molecular weight excluding hydrogens is 428 g/mol. The molecule has 9 heteroatoms. The van der Waals surface area contributed by atoms with Crippen LogP contribution in [0, 0.1) is 6.92 Å². The number of aromatic nitrogens is 3. The Morgan fingerprint density at radius 2 is 1.81 bits per heavy atom. The third-order valence-electron chi connectivity index (χ3n) is 5.62. The minimum absolute atomic E-state index is 0.0962. The zero-order chi connectivity index (χ0) is 22.6. The molecule has 1 aliphatic heterocycles. The molecule has 4 aromatic rings. The number of rotatable bonds is 4. The number of Topliss-reactive ketones (excluding diaryl/α,β-unsaturated/α-hetero) is 1. The SMILES string of the molecule is CC(=O)c1ccc(N2C(=O)C[C@@H](c3c(C)[nH]n(-c4nc5ccccc5s4)c3=O)C2=O)cc1. The van der Waals surface area contributed by atoms with E-state index in [4.69, 9.17) is 0 Å². The first-order chi connectivity index (χ1) is 15.3. The van der Waals surface area contributed by atoms with Crippen LogP contribution < -0.4 is 10.5 Å². The van der Waals surface area contributed by atoms with Crippen molar-refractivity contribution >= 4 is 44.8 Å².